The van der Waals surface area contributed by atoms with Crippen molar-refractivity contribution >= 4 is 49.1 Å². The molecular weight excluding hydrogens is 863 g/mol. The molecule has 289 valence electrons. The molecule has 0 unspecified atom stereocenters. The summed E-state index contributed by atoms with van der Waals surface area (Å²) in [5, 5.41) is 15.8. The number of ketones is 1. The summed E-state index contributed by atoms with van der Waals surface area (Å²) in [7, 11) is 0. The number of aliphatic hydroxyl groups is 1. The van der Waals surface area contributed by atoms with Gasteiger partial charge in [0.1, 0.15) is 11.3 Å². The molecule has 0 fully saturated rings. The van der Waals surface area contributed by atoms with E-state index in [-0.39, 0.29) is 47.9 Å². The van der Waals surface area contributed by atoms with Crippen molar-refractivity contribution in [1.82, 2.24) is 4.98 Å². The maximum atomic E-state index is 12.2. The Labute approximate surface area is 340 Å². The summed E-state index contributed by atoms with van der Waals surface area (Å²) in [6.07, 6.45) is 7.57. The number of fused-ring (bicyclic) bond motifs is 3. The predicted molar refractivity (Wildman–Crippen MR) is 227 cm³/mol. The SMILES string of the molecule is CC(C)Cc1ccc(-c2cc(-c3[c-]c4ccccc4c(C(C)(C)C)c3)nc3ccsc23)c2ccoc12.CCC(C)(CC)C(=O)/C=C(\O)C(C)(CC)CC.[Ir]. The monoisotopic (exact) mass is 921 g/mol. The number of furan rings is 1. The van der Waals surface area contributed by atoms with E-state index in [4.69, 9.17) is 9.40 Å². The first-order chi connectivity index (χ1) is 25.1. The zero-order valence-corrected chi connectivity index (χ0v) is 37.3. The van der Waals surface area contributed by atoms with Gasteiger partial charge in [0.2, 0.25) is 0 Å². The van der Waals surface area contributed by atoms with Crippen molar-refractivity contribution in [3.63, 3.8) is 0 Å². The molecule has 0 spiro atoms. The normalized spacial score (nSPS) is 12.6. The van der Waals surface area contributed by atoms with Crippen LogP contribution in [0.4, 0.5) is 0 Å². The van der Waals surface area contributed by atoms with E-state index in [1.807, 2.05) is 47.8 Å². The van der Waals surface area contributed by atoms with Gasteiger partial charge in [-0.15, -0.1) is 40.5 Å². The average molecular weight is 921 g/mol. The molecule has 3 aromatic heterocycles. The molecule has 0 amide bonds. The van der Waals surface area contributed by atoms with Gasteiger partial charge in [-0.25, -0.2) is 0 Å². The first kappa shape index (κ1) is 43.2. The van der Waals surface area contributed by atoms with Crippen LogP contribution in [0.5, 0.6) is 0 Å². The van der Waals surface area contributed by atoms with Gasteiger partial charge >= 0.3 is 0 Å². The fourth-order valence-corrected chi connectivity index (χ4v) is 7.78. The molecule has 0 atom stereocenters. The Morgan fingerprint density at radius 2 is 1.54 bits per heavy atom. The molecular formula is C48H58IrNO3S-. The van der Waals surface area contributed by atoms with Crippen molar-refractivity contribution < 1.29 is 34.4 Å². The first-order valence-electron chi connectivity index (χ1n) is 19.4. The maximum absolute atomic E-state index is 12.2. The van der Waals surface area contributed by atoms with Crippen molar-refractivity contribution in [1.29, 1.82) is 0 Å². The summed E-state index contributed by atoms with van der Waals surface area (Å²) in [6.45, 7) is 23.4. The van der Waals surface area contributed by atoms with E-state index in [1.165, 1.54) is 38.4 Å². The topological polar surface area (TPSA) is 63.3 Å². The van der Waals surface area contributed by atoms with Crippen LogP contribution < -0.4 is 0 Å². The number of carbonyl (C=O) groups is 1. The van der Waals surface area contributed by atoms with Gasteiger partial charge in [-0.2, -0.15) is 0 Å². The molecule has 3 aromatic carbocycles. The number of aliphatic hydroxyl groups excluding tert-OH is 1. The van der Waals surface area contributed by atoms with E-state index >= 15 is 0 Å². The molecule has 0 saturated heterocycles. The first-order valence-corrected chi connectivity index (χ1v) is 20.3. The zero-order chi connectivity index (χ0) is 38.7. The van der Waals surface area contributed by atoms with Crippen LogP contribution in [0.25, 0.3) is 54.3 Å². The Morgan fingerprint density at radius 3 is 2.17 bits per heavy atom. The quantitative estimate of drug-likeness (QED) is 0.0799. The molecule has 54 heavy (non-hydrogen) atoms. The van der Waals surface area contributed by atoms with Gasteiger partial charge in [0.15, 0.2) is 5.78 Å². The van der Waals surface area contributed by atoms with Gasteiger partial charge in [0.05, 0.1) is 16.5 Å². The number of hydrogen-bond acceptors (Lipinski definition) is 5. The number of allylic oxidation sites excluding steroid dienone is 2. The molecule has 6 heteroatoms. The Bertz CT molecular complexity index is 2240. The van der Waals surface area contributed by atoms with E-state index in [9.17, 15) is 9.90 Å². The molecule has 4 nitrogen and oxygen atoms in total. The maximum Gasteiger partial charge on any atom is 0.164 e. The molecule has 3 heterocycles. The van der Waals surface area contributed by atoms with Crippen molar-refractivity contribution in [2.75, 3.05) is 0 Å². The van der Waals surface area contributed by atoms with Crippen LogP contribution in [-0.4, -0.2) is 15.9 Å². The Balaban J connectivity index is 0.000000309. The molecule has 6 aromatic rings. The van der Waals surface area contributed by atoms with Gasteiger partial charge in [-0.3, -0.25) is 9.78 Å². The van der Waals surface area contributed by atoms with Crippen molar-refractivity contribution in [3.05, 3.63) is 101 Å². The van der Waals surface area contributed by atoms with Crippen LogP contribution in [0.1, 0.15) is 113 Å². The summed E-state index contributed by atoms with van der Waals surface area (Å²) in [4.78, 5) is 17.3. The van der Waals surface area contributed by atoms with E-state index in [2.05, 4.69) is 107 Å². The Hall–Kier alpha value is -3.57. The number of rotatable bonds is 11. The minimum Gasteiger partial charge on any atom is -0.512 e. The molecule has 0 aliphatic rings. The third-order valence-corrected chi connectivity index (χ3v) is 12.4. The fraction of sp³-hybridized carbons (Fsp3) is 0.417. The smallest absolute Gasteiger partial charge is 0.164 e. The van der Waals surface area contributed by atoms with Crippen molar-refractivity contribution in [2.45, 2.75) is 114 Å². The summed E-state index contributed by atoms with van der Waals surface area (Å²) >= 11 is 1.75. The van der Waals surface area contributed by atoms with Crippen LogP contribution in [0.15, 0.2) is 88.6 Å². The largest absolute Gasteiger partial charge is 0.512 e. The summed E-state index contributed by atoms with van der Waals surface area (Å²) in [6, 6.07) is 25.5. The van der Waals surface area contributed by atoms with Gasteiger partial charge in [-0.1, -0.05) is 124 Å². The minimum absolute atomic E-state index is 0. The summed E-state index contributed by atoms with van der Waals surface area (Å²) < 4.78 is 7.21. The third-order valence-electron chi connectivity index (χ3n) is 11.5. The summed E-state index contributed by atoms with van der Waals surface area (Å²) in [5.41, 5.74) is 8.39. The van der Waals surface area contributed by atoms with Gasteiger partial charge in [0.25, 0.3) is 0 Å². The average Bonchev–Trinajstić information content (AvgIpc) is 3.84. The zero-order valence-electron chi connectivity index (χ0n) is 34.1. The van der Waals surface area contributed by atoms with Crippen LogP contribution in [0.3, 0.4) is 0 Å². The number of hydrogen-bond donors (Lipinski definition) is 1. The van der Waals surface area contributed by atoms with Gasteiger partial charge in [-0.05, 0) is 77.6 Å². The number of aromatic nitrogens is 1. The van der Waals surface area contributed by atoms with Crippen LogP contribution in [0, 0.1) is 22.8 Å². The second-order valence-electron chi connectivity index (χ2n) is 16.5. The van der Waals surface area contributed by atoms with Gasteiger partial charge in [0, 0.05) is 48.1 Å². The van der Waals surface area contributed by atoms with Crippen LogP contribution >= 0.6 is 11.3 Å². The molecule has 1 radical (unpaired) electrons. The number of benzene rings is 3. The molecule has 0 aliphatic heterocycles. The van der Waals surface area contributed by atoms with E-state index in [0.29, 0.717) is 5.92 Å². The number of nitrogens with zero attached hydrogens (tertiary/aromatic N) is 1. The Morgan fingerprint density at radius 1 is 0.870 bits per heavy atom. The molecule has 0 aliphatic carbocycles. The van der Waals surface area contributed by atoms with Crippen molar-refractivity contribution in [3.8, 4) is 22.4 Å². The van der Waals surface area contributed by atoms with Gasteiger partial charge < -0.3 is 9.52 Å². The number of pyridine rings is 1. The number of thiophene rings is 1. The predicted octanol–water partition coefficient (Wildman–Crippen LogP) is 14.5. The third kappa shape index (κ3) is 8.93. The molecule has 1 N–H and O–H groups in total. The van der Waals surface area contributed by atoms with Crippen LogP contribution in [-0.2, 0) is 36.7 Å². The summed E-state index contributed by atoms with van der Waals surface area (Å²) in [5.74, 6) is 0.856. The van der Waals surface area contributed by atoms with E-state index in [1.54, 1.807) is 11.3 Å². The van der Waals surface area contributed by atoms with E-state index in [0.717, 1.165) is 65.2 Å². The second kappa shape index (κ2) is 17.5. The number of carbonyl (C=O) groups excluding carboxylic acids is 1. The molecule has 0 saturated carbocycles. The molecule has 6 rings (SSSR count). The van der Waals surface area contributed by atoms with Crippen LogP contribution in [0.2, 0.25) is 0 Å². The Kier molecular flexibility index (Phi) is 14.0. The minimum atomic E-state index is -0.337. The van der Waals surface area contributed by atoms with Crippen molar-refractivity contribution in [2.24, 2.45) is 16.7 Å². The standard InChI is InChI=1S/C33H30NOS.C15H28O2.Ir/c1-20(2)16-22-10-11-25(26-12-14-35-31(22)26)27-19-30(34-29-13-15-36-32(27)29)23-17-21-8-6-7-9-24(21)28(18-23)33(3,4)5;1-7-14(5,8-2)12(16)11-13(17)15(6,9-3)10-4;/h6-15,18-20H,16H2,1-5H3;11,16H,7-10H2,1-6H3;/q-1;;/b;12-11-;. The molecule has 0 bridgehead atoms. The second-order valence-corrected chi connectivity index (χ2v) is 17.5. The fourth-order valence-electron chi connectivity index (χ4n) is 6.92. The van der Waals surface area contributed by atoms with E-state index < -0.39 is 0 Å².